The molecule has 0 aliphatic heterocycles. The first-order valence-corrected chi connectivity index (χ1v) is 10.8. The first kappa shape index (κ1) is 18.7. The van der Waals surface area contributed by atoms with Crippen molar-refractivity contribution in [2.45, 2.75) is 78.2 Å². The second-order valence-electron chi connectivity index (χ2n) is 10.0. The molecule has 4 aliphatic rings. The van der Waals surface area contributed by atoms with Crippen molar-refractivity contribution in [1.82, 2.24) is 0 Å². The third kappa shape index (κ3) is 2.73. The van der Waals surface area contributed by atoms with E-state index >= 15 is 0 Å². The lowest BCUT2D eigenvalue weighted by Crippen LogP contribution is -2.51. The van der Waals surface area contributed by atoms with Gasteiger partial charge in [0.2, 0.25) is 0 Å². The van der Waals surface area contributed by atoms with Gasteiger partial charge in [0, 0.05) is 5.92 Å². The van der Waals surface area contributed by atoms with Crippen LogP contribution in [0.2, 0.25) is 0 Å². The average Bonchev–Trinajstić information content (AvgIpc) is 2.97. The van der Waals surface area contributed by atoms with E-state index in [4.69, 9.17) is 9.84 Å². The minimum Gasteiger partial charge on any atom is -0.394 e. The quantitative estimate of drug-likeness (QED) is 0.749. The van der Waals surface area contributed by atoms with Crippen LogP contribution in [-0.4, -0.2) is 30.2 Å². The van der Waals surface area contributed by atoms with E-state index in [2.05, 4.69) is 19.9 Å². The van der Waals surface area contributed by atoms with Crippen LogP contribution in [-0.2, 0) is 9.53 Å². The van der Waals surface area contributed by atoms with E-state index in [1.165, 1.54) is 32.1 Å². The Kier molecular flexibility index (Phi) is 4.84. The summed E-state index contributed by atoms with van der Waals surface area (Å²) in [7, 11) is 0. The topological polar surface area (TPSA) is 46.5 Å². The van der Waals surface area contributed by atoms with Crippen LogP contribution < -0.4 is 0 Å². The molecular weight excluding hydrogens is 324 g/mol. The van der Waals surface area contributed by atoms with Crippen molar-refractivity contribution < 1.29 is 14.6 Å². The van der Waals surface area contributed by atoms with Gasteiger partial charge in [-0.15, -0.1) is 0 Å². The average molecular weight is 361 g/mol. The van der Waals surface area contributed by atoms with Gasteiger partial charge in [0.15, 0.2) is 0 Å². The Hall–Kier alpha value is -0.670. The van der Waals surface area contributed by atoms with Crippen molar-refractivity contribution in [2.75, 3.05) is 13.2 Å². The zero-order valence-electron chi connectivity index (χ0n) is 16.8. The van der Waals surface area contributed by atoms with E-state index in [1.54, 1.807) is 5.57 Å². The predicted octanol–water partition coefficient (Wildman–Crippen LogP) is 4.53. The number of ether oxygens (including phenoxy) is 1. The summed E-state index contributed by atoms with van der Waals surface area (Å²) in [6.45, 7) is 7.34. The summed E-state index contributed by atoms with van der Waals surface area (Å²) in [5.74, 6) is 3.00. The van der Waals surface area contributed by atoms with Crippen LogP contribution >= 0.6 is 0 Å². The number of ketones is 1. The first-order valence-electron chi connectivity index (χ1n) is 10.8. The molecule has 0 bridgehead atoms. The SMILES string of the molecule is CC(=O)[C@H]1CC[C@H]2[C@@H]3CC=C4C[C@@H](OCCO)CC[C@]4(C)[C@H]3CC[C@]12C. The van der Waals surface area contributed by atoms with Gasteiger partial charge in [-0.25, -0.2) is 0 Å². The summed E-state index contributed by atoms with van der Waals surface area (Å²) in [6.07, 6.45) is 12.3. The minimum absolute atomic E-state index is 0.120. The summed E-state index contributed by atoms with van der Waals surface area (Å²) >= 11 is 0. The van der Waals surface area contributed by atoms with Gasteiger partial charge in [-0.3, -0.25) is 4.79 Å². The molecule has 0 aromatic rings. The lowest BCUT2D eigenvalue weighted by atomic mass is 9.47. The number of hydrogen-bond acceptors (Lipinski definition) is 3. The predicted molar refractivity (Wildman–Crippen MR) is 103 cm³/mol. The summed E-state index contributed by atoms with van der Waals surface area (Å²) in [5.41, 5.74) is 2.20. The minimum atomic E-state index is 0.120. The monoisotopic (exact) mass is 360 g/mol. The van der Waals surface area contributed by atoms with Gasteiger partial charge in [-0.05, 0) is 86.9 Å². The summed E-state index contributed by atoms with van der Waals surface area (Å²) in [6, 6.07) is 0. The molecule has 0 heterocycles. The zero-order valence-corrected chi connectivity index (χ0v) is 16.8. The molecule has 3 fully saturated rings. The van der Waals surface area contributed by atoms with Crippen molar-refractivity contribution >= 4 is 5.78 Å². The second kappa shape index (κ2) is 6.74. The van der Waals surface area contributed by atoms with Crippen molar-refractivity contribution in [2.24, 2.45) is 34.5 Å². The van der Waals surface area contributed by atoms with Crippen LogP contribution in [0, 0.1) is 34.5 Å². The molecule has 1 N–H and O–H groups in total. The Balaban J connectivity index is 1.56. The van der Waals surface area contributed by atoms with Crippen LogP contribution in [0.25, 0.3) is 0 Å². The molecule has 3 heteroatoms. The molecule has 0 amide bonds. The molecule has 146 valence electrons. The molecule has 0 saturated heterocycles. The fourth-order valence-electron chi connectivity index (χ4n) is 7.66. The van der Waals surface area contributed by atoms with Crippen LogP contribution in [0.5, 0.6) is 0 Å². The van der Waals surface area contributed by atoms with Crippen LogP contribution in [0.4, 0.5) is 0 Å². The maximum absolute atomic E-state index is 12.2. The first-order chi connectivity index (χ1) is 12.4. The van der Waals surface area contributed by atoms with Gasteiger partial charge in [0.05, 0.1) is 19.3 Å². The molecule has 7 atom stereocenters. The van der Waals surface area contributed by atoms with Crippen LogP contribution in [0.15, 0.2) is 11.6 Å². The Bertz CT molecular complexity index is 596. The number of fused-ring (bicyclic) bond motifs is 5. The van der Waals surface area contributed by atoms with Gasteiger partial charge in [0.1, 0.15) is 5.78 Å². The molecule has 4 aliphatic carbocycles. The number of Topliss-reactive ketones (excluding diaryl/α,β-unsaturated/α-hetero) is 1. The number of hydrogen-bond donors (Lipinski definition) is 1. The highest BCUT2D eigenvalue weighted by Gasteiger charge is 2.59. The van der Waals surface area contributed by atoms with Gasteiger partial charge >= 0.3 is 0 Å². The van der Waals surface area contributed by atoms with Crippen LogP contribution in [0.1, 0.15) is 72.1 Å². The fraction of sp³-hybridized carbons (Fsp3) is 0.870. The Morgan fingerprint density at radius 1 is 1.19 bits per heavy atom. The molecule has 3 nitrogen and oxygen atoms in total. The van der Waals surface area contributed by atoms with E-state index in [1.807, 2.05) is 6.92 Å². The van der Waals surface area contributed by atoms with Gasteiger partial charge in [-0.1, -0.05) is 25.5 Å². The third-order valence-electron chi connectivity index (χ3n) is 8.99. The third-order valence-corrected chi connectivity index (χ3v) is 8.99. The molecule has 3 saturated carbocycles. The zero-order chi connectivity index (χ0) is 18.5. The van der Waals surface area contributed by atoms with Gasteiger partial charge in [0.25, 0.3) is 0 Å². The van der Waals surface area contributed by atoms with E-state index in [-0.39, 0.29) is 12.0 Å². The van der Waals surface area contributed by atoms with E-state index in [0.29, 0.717) is 29.8 Å². The number of rotatable bonds is 4. The molecule has 4 rings (SSSR count). The highest BCUT2D eigenvalue weighted by Crippen LogP contribution is 2.66. The maximum Gasteiger partial charge on any atom is 0.133 e. The lowest BCUT2D eigenvalue weighted by Gasteiger charge is -2.58. The van der Waals surface area contributed by atoms with Crippen LogP contribution in [0.3, 0.4) is 0 Å². The molecule has 0 radical (unpaired) electrons. The van der Waals surface area contributed by atoms with Gasteiger partial charge in [-0.2, -0.15) is 0 Å². The number of carbonyl (C=O) groups excluding carboxylic acids is 1. The molecule has 26 heavy (non-hydrogen) atoms. The van der Waals surface area contributed by atoms with Crippen molar-refractivity contribution in [3.8, 4) is 0 Å². The molecule has 0 aromatic heterocycles. The van der Waals surface area contributed by atoms with Gasteiger partial charge < -0.3 is 9.84 Å². The smallest absolute Gasteiger partial charge is 0.133 e. The van der Waals surface area contributed by atoms with Crippen molar-refractivity contribution in [3.05, 3.63) is 11.6 Å². The lowest BCUT2D eigenvalue weighted by molar-refractivity contribution is -0.127. The highest BCUT2D eigenvalue weighted by atomic mass is 16.5. The Morgan fingerprint density at radius 2 is 2.00 bits per heavy atom. The highest BCUT2D eigenvalue weighted by molar-refractivity contribution is 5.79. The largest absolute Gasteiger partial charge is 0.394 e. The summed E-state index contributed by atoms with van der Waals surface area (Å²) in [4.78, 5) is 12.2. The normalized spacial score (nSPS) is 47.5. The molecule has 0 spiro atoms. The molecule has 0 aromatic carbocycles. The number of carbonyl (C=O) groups is 1. The Morgan fingerprint density at radius 3 is 2.73 bits per heavy atom. The summed E-state index contributed by atoms with van der Waals surface area (Å²) < 4.78 is 5.86. The van der Waals surface area contributed by atoms with E-state index < -0.39 is 0 Å². The maximum atomic E-state index is 12.2. The van der Waals surface area contributed by atoms with E-state index in [0.717, 1.165) is 37.0 Å². The molecular formula is C23H36O3. The summed E-state index contributed by atoms with van der Waals surface area (Å²) in [5, 5.41) is 9.04. The number of allylic oxidation sites excluding steroid dienone is 1. The molecule has 0 unspecified atom stereocenters. The second-order valence-corrected chi connectivity index (χ2v) is 10.0. The Labute approximate surface area is 158 Å². The standard InChI is InChI=1S/C23H36O3/c1-15(25)19-6-7-20-18-5-4-16-14-17(26-13-12-24)8-10-22(16,2)21(18)9-11-23(19,20)3/h4,17-21,24H,5-14H2,1-3H3/t17-,18-,19+,20-,21-,22-,23+/m0/s1. The number of aliphatic hydroxyl groups is 1. The van der Waals surface area contributed by atoms with E-state index in [9.17, 15) is 4.79 Å². The van der Waals surface area contributed by atoms with Crippen molar-refractivity contribution in [3.63, 3.8) is 0 Å². The number of aliphatic hydroxyl groups excluding tert-OH is 1. The fourth-order valence-corrected chi connectivity index (χ4v) is 7.66. The van der Waals surface area contributed by atoms with Crippen molar-refractivity contribution in [1.29, 1.82) is 0 Å².